The molecule has 1 amide bonds. The molecule has 24 heavy (non-hydrogen) atoms. The molecule has 1 aliphatic heterocycles. The minimum Gasteiger partial charge on any atom is -0.369 e. The highest BCUT2D eigenvalue weighted by Crippen LogP contribution is 2.23. The van der Waals surface area contributed by atoms with Crippen LogP contribution < -0.4 is 10.5 Å². The van der Waals surface area contributed by atoms with Crippen LogP contribution in [0, 0.1) is 0 Å². The maximum absolute atomic E-state index is 12.7. The van der Waals surface area contributed by atoms with Crippen LogP contribution in [-0.2, 0) is 21.4 Å². The number of nitrogens with two attached hydrogens (primary N) is 1. The number of carbonyl (C=O) groups excluding carboxylic acids is 1. The van der Waals surface area contributed by atoms with Crippen LogP contribution in [0.4, 0.5) is 0 Å². The minimum absolute atomic E-state index is 0.00267. The normalized spacial score (nSPS) is 21.2. The molecule has 1 unspecified atom stereocenters. The zero-order valence-corrected chi connectivity index (χ0v) is 15.2. The first-order valence-electron chi connectivity index (χ1n) is 7.56. The van der Waals surface area contributed by atoms with E-state index >= 15 is 0 Å². The van der Waals surface area contributed by atoms with Crippen LogP contribution >= 0.6 is 11.6 Å². The van der Waals surface area contributed by atoms with E-state index in [-0.39, 0.29) is 30.7 Å². The van der Waals surface area contributed by atoms with Crippen molar-refractivity contribution in [1.29, 1.82) is 0 Å². The lowest BCUT2D eigenvalue weighted by Gasteiger charge is -2.22. The van der Waals surface area contributed by atoms with Gasteiger partial charge in [0.1, 0.15) is 0 Å². The van der Waals surface area contributed by atoms with Gasteiger partial charge in [-0.2, -0.15) is 0 Å². The highest BCUT2D eigenvalue weighted by Gasteiger charge is 2.44. The number of rotatable bonds is 7. The monoisotopic (exact) mass is 372 g/mol. The summed E-state index contributed by atoms with van der Waals surface area (Å²) in [7, 11) is -3.43. The molecule has 3 N–H and O–H groups in total. The molecule has 7 nitrogen and oxygen atoms in total. The summed E-state index contributed by atoms with van der Waals surface area (Å²) in [5.41, 5.74) is 5.44. The van der Waals surface area contributed by atoms with Crippen molar-refractivity contribution in [3.05, 3.63) is 34.9 Å². The number of benzene rings is 1. The van der Waals surface area contributed by atoms with Crippen molar-refractivity contribution in [2.75, 3.05) is 12.3 Å². The summed E-state index contributed by atoms with van der Waals surface area (Å²) in [4.78, 5) is 18.2. The molecule has 1 heterocycles. The molecule has 1 atom stereocenters. The molecule has 132 valence electrons. The molecular formula is C15H21ClN4O3S. The van der Waals surface area contributed by atoms with Crippen molar-refractivity contribution in [3.8, 4) is 0 Å². The van der Waals surface area contributed by atoms with Gasteiger partial charge in [0, 0.05) is 11.6 Å². The van der Waals surface area contributed by atoms with Crippen molar-refractivity contribution < 1.29 is 13.2 Å². The SMILES string of the molecule is CCCS(=O)(=O)NCC1(C)N=C(N)N(Cc2cccc(Cl)c2)C1=O. The minimum atomic E-state index is -3.43. The van der Waals surface area contributed by atoms with E-state index in [4.69, 9.17) is 17.3 Å². The van der Waals surface area contributed by atoms with Gasteiger partial charge in [-0.1, -0.05) is 30.7 Å². The van der Waals surface area contributed by atoms with Crippen molar-refractivity contribution in [2.24, 2.45) is 10.7 Å². The van der Waals surface area contributed by atoms with Gasteiger partial charge in [-0.25, -0.2) is 18.1 Å². The molecular weight excluding hydrogens is 352 g/mol. The first-order chi connectivity index (χ1) is 11.2. The Kier molecular flexibility index (Phi) is 5.52. The van der Waals surface area contributed by atoms with E-state index in [1.165, 1.54) is 4.90 Å². The number of halogens is 1. The van der Waals surface area contributed by atoms with E-state index in [1.807, 2.05) is 6.07 Å². The number of hydrogen-bond acceptors (Lipinski definition) is 5. The summed E-state index contributed by atoms with van der Waals surface area (Å²) in [5.74, 6) is -0.278. The highest BCUT2D eigenvalue weighted by molar-refractivity contribution is 7.89. The Morgan fingerprint density at radius 3 is 2.75 bits per heavy atom. The summed E-state index contributed by atoms with van der Waals surface area (Å²) in [6.07, 6.45) is 0.492. The lowest BCUT2D eigenvalue weighted by molar-refractivity contribution is -0.130. The predicted octanol–water partition coefficient (Wildman–Crippen LogP) is 1.09. The molecule has 0 aliphatic carbocycles. The predicted molar refractivity (Wildman–Crippen MR) is 94.1 cm³/mol. The van der Waals surface area contributed by atoms with Crippen LogP contribution in [0.15, 0.2) is 29.3 Å². The van der Waals surface area contributed by atoms with Gasteiger partial charge in [0.25, 0.3) is 5.91 Å². The number of carbonyl (C=O) groups is 1. The first-order valence-corrected chi connectivity index (χ1v) is 9.59. The van der Waals surface area contributed by atoms with E-state index in [9.17, 15) is 13.2 Å². The second-order valence-electron chi connectivity index (χ2n) is 5.91. The molecule has 0 bridgehead atoms. The summed E-state index contributed by atoms with van der Waals surface area (Å²) in [5, 5.41) is 0.560. The molecule has 0 saturated carbocycles. The molecule has 0 radical (unpaired) electrons. The van der Waals surface area contributed by atoms with Gasteiger partial charge in [0.15, 0.2) is 11.5 Å². The number of amides is 1. The van der Waals surface area contributed by atoms with Crippen LogP contribution in [0.2, 0.25) is 5.02 Å². The fourth-order valence-corrected chi connectivity index (χ4v) is 3.83. The van der Waals surface area contributed by atoms with E-state index in [0.717, 1.165) is 5.56 Å². The largest absolute Gasteiger partial charge is 0.369 e. The number of sulfonamides is 1. The number of aliphatic imine (C=N–C) groups is 1. The summed E-state index contributed by atoms with van der Waals surface area (Å²) in [6.45, 7) is 3.44. The number of nitrogens with one attached hydrogen (secondary N) is 1. The van der Waals surface area contributed by atoms with Crippen molar-refractivity contribution >= 4 is 33.5 Å². The highest BCUT2D eigenvalue weighted by atomic mass is 35.5. The molecule has 0 aromatic heterocycles. The van der Waals surface area contributed by atoms with Gasteiger partial charge in [-0.3, -0.25) is 9.69 Å². The Morgan fingerprint density at radius 2 is 2.12 bits per heavy atom. The standard InChI is InChI=1S/C15H21ClN4O3S/c1-3-7-24(22,23)18-10-15(2)13(21)20(14(17)19-15)9-11-5-4-6-12(16)8-11/h4-6,8,18H,3,7,9-10H2,1-2H3,(H2,17,19). The zero-order valence-electron chi connectivity index (χ0n) is 13.6. The second-order valence-corrected chi connectivity index (χ2v) is 8.27. The fourth-order valence-electron chi connectivity index (χ4n) is 2.43. The van der Waals surface area contributed by atoms with E-state index in [1.54, 1.807) is 32.0 Å². The van der Waals surface area contributed by atoms with E-state index in [2.05, 4.69) is 9.71 Å². The Labute approximate surface area is 146 Å². The molecule has 1 aliphatic rings. The van der Waals surface area contributed by atoms with Crippen molar-refractivity contribution in [1.82, 2.24) is 9.62 Å². The van der Waals surface area contributed by atoms with Gasteiger partial charge in [0.2, 0.25) is 10.0 Å². The average molecular weight is 373 g/mol. The zero-order chi connectivity index (χ0) is 18.0. The maximum atomic E-state index is 12.7. The summed E-state index contributed by atoms with van der Waals surface area (Å²) < 4.78 is 26.0. The molecule has 1 aromatic carbocycles. The molecule has 0 fully saturated rings. The van der Waals surface area contributed by atoms with Crippen LogP contribution in [0.3, 0.4) is 0 Å². The lowest BCUT2D eigenvalue weighted by atomic mass is 10.0. The quantitative estimate of drug-likeness (QED) is 0.747. The Hall–Kier alpha value is -1.64. The molecule has 0 spiro atoms. The lowest BCUT2D eigenvalue weighted by Crippen LogP contribution is -2.48. The van der Waals surface area contributed by atoms with Crippen molar-refractivity contribution in [2.45, 2.75) is 32.4 Å². The maximum Gasteiger partial charge on any atom is 0.258 e. The van der Waals surface area contributed by atoms with Gasteiger partial charge < -0.3 is 5.73 Å². The molecule has 2 rings (SSSR count). The fraction of sp³-hybridized carbons (Fsp3) is 0.467. The van der Waals surface area contributed by atoms with Crippen LogP contribution in [0.1, 0.15) is 25.8 Å². The number of hydrogen-bond donors (Lipinski definition) is 2. The van der Waals surface area contributed by atoms with Gasteiger partial charge in [-0.05, 0) is 31.0 Å². The van der Waals surface area contributed by atoms with E-state index in [0.29, 0.717) is 11.4 Å². The average Bonchev–Trinajstić information content (AvgIpc) is 2.70. The topological polar surface area (TPSA) is 105 Å². The Morgan fingerprint density at radius 1 is 1.42 bits per heavy atom. The summed E-state index contributed by atoms with van der Waals surface area (Å²) in [6, 6.07) is 7.08. The smallest absolute Gasteiger partial charge is 0.258 e. The Balaban J connectivity index is 2.11. The first kappa shape index (κ1) is 18.7. The third kappa shape index (κ3) is 4.25. The van der Waals surface area contributed by atoms with Crippen LogP contribution in [0.5, 0.6) is 0 Å². The summed E-state index contributed by atoms with van der Waals surface area (Å²) >= 11 is 5.95. The number of nitrogens with zero attached hydrogens (tertiary/aromatic N) is 2. The third-order valence-electron chi connectivity index (χ3n) is 3.68. The van der Waals surface area contributed by atoms with E-state index < -0.39 is 15.6 Å². The molecule has 1 aromatic rings. The second kappa shape index (κ2) is 7.08. The number of guanidine groups is 1. The van der Waals surface area contributed by atoms with Crippen LogP contribution in [-0.4, -0.2) is 43.0 Å². The van der Waals surface area contributed by atoms with Crippen LogP contribution in [0.25, 0.3) is 0 Å². The third-order valence-corrected chi connectivity index (χ3v) is 5.45. The molecule has 9 heteroatoms. The van der Waals surface area contributed by atoms with Gasteiger partial charge in [0.05, 0.1) is 12.3 Å². The Bertz CT molecular complexity index is 766. The van der Waals surface area contributed by atoms with Gasteiger partial charge >= 0.3 is 0 Å². The van der Waals surface area contributed by atoms with Crippen molar-refractivity contribution in [3.63, 3.8) is 0 Å². The van der Waals surface area contributed by atoms with Gasteiger partial charge in [-0.15, -0.1) is 0 Å². The molecule has 0 saturated heterocycles.